The van der Waals surface area contributed by atoms with Crippen LogP contribution in [0.15, 0.2) is 0 Å². The zero-order valence-corrected chi connectivity index (χ0v) is 19.8. The molecule has 0 heterocycles. The predicted molar refractivity (Wildman–Crippen MR) is 109 cm³/mol. The lowest BCUT2D eigenvalue weighted by Crippen LogP contribution is -2.11. The zero-order chi connectivity index (χ0) is 19.8. The van der Waals surface area contributed by atoms with Crippen LogP contribution in [-0.4, -0.2) is 45.9 Å². The van der Waals surface area contributed by atoms with Crippen LogP contribution in [0.3, 0.4) is 0 Å². The molecule has 0 bridgehead atoms. The van der Waals surface area contributed by atoms with Crippen LogP contribution < -0.4 is 0 Å². The lowest BCUT2D eigenvalue weighted by atomic mass is 10.7. The molecule has 0 unspecified atom stereocenters. The van der Waals surface area contributed by atoms with Crippen molar-refractivity contribution < 1.29 is 31.9 Å². The van der Waals surface area contributed by atoms with Gasteiger partial charge in [-0.25, -0.2) is 4.31 Å². The Labute approximate surface area is 163 Å². The fourth-order valence-corrected chi connectivity index (χ4v) is 7.81. The minimum atomic E-state index is -2.87. The SMILES string of the molecule is CCOC(C)OCC.CCOP(=S)(OCC)OP(=S)(OCC)OCC. The molecule has 0 fully saturated rings. The minimum absolute atomic E-state index is 0.0370. The molecule has 0 aliphatic rings. The molecule has 0 saturated heterocycles. The molecule has 0 aromatic carbocycles. The maximum Gasteiger partial charge on any atom is 0.334 e. The predicted octanol–water partition coefficient (Wildman–Crippen LogP) is 5.00. The largest absolute Gasteiger partial charge is 0.353 e. The summed E-state index contributed by atoms with van der Waals surface area (Å²) in [6.07, 6.45) is -0.0370. The third-order valence-electron chi connectivity index (χ3n) is 2.15. The molecule has 0 N–H and O–H groups in total. The Kier molecular flexibility index (Phi) is 19.4. The van der Waals surface area contributed by atoms with Crippen molar-refractivity contribution in [1.82, 2.24) is 0 Å². The van der Waals surface area contributed by atoms with Crippen LogP contribution in [-0.2, 0) is 55.5 Å². The van der Waals surface area contributed by atoms with Gasteiger partial charge in [0, 0.05) is 13.2 Å². The van der Waals surface area contributed by atoms with Crippen molar-refractivity contribution in [3.63, 3.8) is 0 Å². The van der Waals surface area contributed by atoms with E-state index in [2.05, 4.69) is 0 Å². The zero-order valence-electron chi connectivity index (χ0n) is 16.4. The van der Waals surface area contributed by atoms with Gasteiger partial charge in [0.05, 0.1) is 26.4 Å². The molecule has 154 valence electrons. The highest BCUT2D eigenvalue weighted by Gasteiger charge is 2.31. The van der Waals surface area contributed by atoms with Gasteiger partial charge in [0.1, 0.15) is 0 Å². The molecule has 0 aliphatic carbocycles. The van der Waals surface area contributed by atoms with Crippen LogP contribution in [0.5, 0.6) is 0 Å². The fourth-order valence-electron chi connectivity index (χ4n) is 1.44. The number of rotatable bonds is 14. The van der Waals surface area contributed by atoms with E-state index >= 15 is 0 Å². The average Bonchev–Trinajstić information content (AvgIpc) is 2.48. The van der Waals surface area contributed by atoms with Crippen LogP contribution in [0.25, 0.3) is 0 Å². The maximum absolute atomic E-state index is 5.55. The minimum Gasteiger partial charge on any atom is -0.353 e. The van der Waals surface area contributed by atoms with Crippen molar-refractivity contribution in [1.29, 1.82) is 0 Å². The Balaban J connectivity index is 0. The van der Waals surface area contributed by atoms with Crippen LogP contribution >= 0.6 is 13.4 Å². The molecule has 0 rings (SSSR count). The summed E-state index contributed by atoms with van der Waals surface area (Å²) in [5.74, 6) is 0. The standard InChI is InChI=1S/C8H20O5P2S2.C6H14O2/c1-5-9-14(16,10-6-2)13-15(17,11-7-3)12-8-4;1-4-7-6(3)8-5-2/h5-8H2,1-4H3;6H,4-5H2,1-3H3. The number of hydrogen-bond donors (Lipinski definition) is 0. The third-order valence-corrected chi connectivity index (χ3v) is 8.51. The van der Waals surface area contributed by atoms with Crippen LogP contribution in [0, 0.1) is 0 Å². The normalized spacial score (nSPS) is 12.2. The summed E-state index contributed by atoms with van der Waals surface area (Å²) in [7, 11) is 0. The van der Waals surface area contributed by atoms with E-state index in [9.17, 15) is 0 Å². The van der Waals surface area contributed by atoms with Crippen LogP contribution in [0.4, 0.5) is 0 Å². The van der Waals surface area contributed by atoms with E-state index in [0.29, 0.717) is 26.4 Å². The van der Waals surface area contributed by atoms with Gasteiger partial charge in [-0.2, -0.15) is 0 Å². The second-order valence-electron chi connectivity index (χ2n) is 4.13. The monoisotopic (exact) mass is 440 g/mol. The molecule has 0 spiro atoms. The van der Waals surface area contributed by atoms with Crippen molar-refractivity contribution in [2.24, 2.45) is 0 Å². The average molecular weight is 441 g/mol. The topological polar surface area (TPSA) is 64.6 Å². The molecular weight excluding hydrogens is 406 g/mol. The van der Waals surface area contributed by atoms with Gasteiger partial charge in [-0.05, 0) is 72.1 Å². The molecular formula is C14H34O7P2S2. The Bertz CT molecular complexity index is 345. The first kappa shape index (κ1) is 28.2. The molecule has 0 atom stereocenters. The maximum atomic E-state index is 5.55. The highest BCUT2D eigenvalue weighted by Crippen LogP contribution is 2.66. The smallest absolute Gasteiger partial charge is 0.334 e. The van der Waals surface area contributed by atoms with E-state index < -0.39 is 13.4 Å². The van der Waals surface area contributed by atoms with Crippen molar-refractivity contribution in [2.75, 3.05) is 39.6 Å². The van der Waals surface area contributed by atoms with Gasteiger partial charge in [-0.15, -0.1) is 0 Å². The Morgan fingerprint density at radius 2 is 0.880 bits per heavy atom. The number of hydrogen-bond acceptors (Lipinski definition) is 9. The molecule has 0 amide bonds. The quantitative estimate of drug-likeness (QED) is 0.274. The molecule has 0 aromatic heterocycles. The molecule has 0 aromatic rings. The first-order valence-electron chi connectivity index (χ1n) is 8.48. The fraction of sp³-hybridized carbons (Fsp3) is 1.00. The van der Waals surface area contributed by atoms with Gasteiger partial charge in [-0.3, -0.25) is 0 Å². The first-order chi connectivity index (χ1) is 11.8. The van der Waals surface area contributed by atoms with Crippen molar-refractivity contribution in [2.45, 2.75) is 54.8 Å². The molecule has 11 heteroatoms. The van der Waals surface area contributed by atoms with Gasteiger partial charge in [-0.1, -0.05) is 0 Å². The Hall–Kier alpha value is 1.02. The van der Waals surface area contributed by atoms with Crippen LogP contribution in [0.2, 0.25) is 0 Å². The summed E-state index contributed by atoms with van der Waals surface area (Å²) in [6, 6.07) is 0. The van der Waals surface area contributed by atoms with E-state index in [1.54, 1.807) is 0 Å². The molecule has 7 nitrogen and oxygen atoms in total. The van der Waals surface area contributed by atoms with Crippen molar-refractivity contribution in [3.8, 4) is 0 Å². The summed E-state index contributed by atoms with van der Waals surface area (Å²) in [4.78, 5) is 0. The summed E-state index contributed by atoms with van der Waals surface area (Å²) in [5, 5.41) is 0. The summed E-state index contributed by atoms with van der Waals surface area (Å²) < 4.78 is 37.0. The van der Waals surface area contributed by atoms with Crippen molar-refractivity contribution in [3.05, 3.63) is 0 Å². The first-order valence-corrected chi connectivity index (χ1v) is 13.6. The number of ether oxygens (including phenoxy) is 2. The van der Waals surface area contributed by atoms with Crippen molar-refractivity contribution >= 4 is 37.1 Å². The highest BCUT2D eigenvalue weighted by atomic mass is 32.5. The molecule has 25 heavy (non-hydrogen) atoms. The van der Waals surface area contributed by atoms with E-state index in [0.717, 1.165) is 13.2 Å². The van der Waals surface area contributed by atoms with E-state index in [1.165, 1.54) is 0 Å². The summed E-state index contributed by atoms with van der Waals surface area (Å²) in [6.45, 7) is 10.3. The van der Waals surface area contributed by atoms with Gasteiger partial charge >= 0.3 is 13.4 Å². The van der Waals surface area contributed by atoms with E-state index in [-0.39, 0.29) is 6.29 Å². The third kappa shape index (κ3) is 15.7. The van der Waals surface area contributed by atoms with E-state index in [1.807, 2.05) is 48.5 Å². The Morgan fingerprint density at radius 1 is 0.600 bits per heavy atom. The second-order valence-corrected chi connectivity index (χ2v) is 10.3. The van der Waals surface area contributed by atoms with E-state index in [4.69, 9.17) is 55.5 Å². The summed E-state index contributed by atoms with van der Waals surface area (Å²) in [5.41, 5.74) is 0. The van der Waals surface area contributed by atoms with Crippen LogP contribution in [0.1, 0.15) is 48.5 Å². The van der Waals surface area contributed by atoms with Gasteiger partial charge < -0.3 is 27.6 Å². The highest BCUT2D eigenvalue weighted by molar-refractivity contribution is 8.14. The molecule has 0 aliphatic heterocycles. The van der Waals surface area contributed by atoms with Gasteiger partial charge in [0.2, 0.25) is 0 Å². The molecule has 0 radical (unpaired) electrons. The summed E-state index contributed by atoms with van der Waals surface area (Å²) >= 11 is 10.4. The van der Waals surface area contributed by atoms with Gasteiger partial charge in [0.25, 0.3) is 0 Å². The molecule has 0 saturated carbocycles. The Morgan fingerprint density at radius 3 is 1.08 bits per heavy atom. The van der Waals surface area contributed by atoms with Gasteiger partial charge in [0.15, 0.2) is 6.29 Å². The lowest BCUT2D eigenvalue weighted by Gasteiger charge is -2.27. The second kappa shape index (κ2) is 17.1. The lowest BCUT2D eigenvalue weighted by molar-refractivity contribution is -0.123.